The van der Waals surface area contributed by atoms with E-state index >= 15 is 0 Å². The van der Waals surface area contributed by atoms with E-state index in [0.717, 1.165) is 43.1 Å². The monoisotopic (exact) mass is 366 g/mol. The number of nitrogens with zero attached hydrogens (tertiary/aromatic N) is 6. The van der Waals surface area contributed by atoms with Gasteiger partial charge in [-0.15, -0.1) is 0 Å². The Morgan fingerprint density at radius 3 is 2.52 bits per heavy atom. The van der Waals surface area contributed by atoms with Gasteiger partial charge in [-0.05, 0) is 24.3 Å². The molecule has 3 heterocycles. The number of piperazine rings is 1. The van der Waals surface area contributed by atoms with Crippen molar-refractivity contribution in [3.63, 3.8) is 0 Å². The van der Waals surface area contributed by atoms with Crippen LogP contribution in [0.15, 0.2) is 46.4 Å². The Bertz CT molecular complexity index is 1100. The summed E-state index contributed by atoms with van der Waals surface area (Å²) in [5.74, 6) is 0. The lowest BCUT2D eigenvalue weighted by atomic mass is 10.2. The lowest BCUT2D eigenvalue weighted by Gasteiger charge is -2.36. The predicted octanol–water partition coefficient (Wildman–Crippen LogP) is 0.349. The first-order chi connectivity index (χ1) is 13.0. The van der Waals surface area contributed by atoms with Gasteiger partial charge in [0.05, 0.1) is 22.9 Å². The molecule has 1 aromatic carbocycles. The number of hydrogen-bond donors (Lipinski definition) is 0. The maximum absolute atomic E-state index is 12.2. The maximum atomic E-state index is 12.2. The molecule has 140 valence electrons. The van der Waals surface area contributed by atoms with Crippen molar-refractivity contribution in [2.24, 2.45) is 14.1 Å². The van der Waals surface area contributed by atoms with Gasteiger partial charge in [-0.1, -0.05) is 0 Å². The minimum absolute atomic E-state index is 0.0297. The second-order valence-corrected chi connectivity index (χ2v) is 6.94. The molecule has 8 nitrogen and oxygen atoms in total. The highest BCUT2D eigenvalue weighted by Gasteiger charge is 2.18. The quantitative estimate of drug-likeness (QED) is 0.666. The minimum Gasteiger partial charge on any atom is -0.369 e. The molecule has 0 amide bonds. The summed E-state index contributed by atoms with van der Waals surface area (Å²) in [5.41, 5.74) is 2.35. The molecule has 0 saturated carbocycles. The third-order valence-corrected chi connectivity index (χ3v) is 5.06. The zero-order valence-electron chi connectivity index (χ0n) is 15.5. The van der Waals surface area contributed by atoms with Gasteiger partial charge in [0.2, 0.25) is 0 Å². The smallest absolute Gasteiger partial charge is 0.347 e. The minimum atomic E-state index is -0.221. The van der Waals surface area contributed by atoms with E-state index < -0.39 is 0 Å². The van der Waals surface area contributed by atoms with E-state index in [1.54, 1.807) is 26.6 Å². The highest BCUT2D eigenvalue weighted by atomic mass is 16.1. The molecule has 0 N–H and O–H groups in total. The summed E-state index contributed by atoms with van der Waals surface area (Å²) in [4.78, 5) is 36.9. The fraction of sp³-hybridized carbons (Fsp3) is 0.368. The van der Waals surface area contributed by atoms with Crippen LogP contribution in [0.2, 0.25) is 0 Å². The summed E-state index contributed by atoms with van der Waals surface area (Å²) in [6.45, 7) is 4.21. The van der Waals surface area contributed by atoms with Gasteiger partial charge in [0, 0.05) is 58.7 Å². The van der Waals surface area contributed by atoms with Crippen molar-refractivity contribution in [3.8, 4) is 0 Å². The zero-order chi connectivity index (χ0) is 19.0. The van der Waals surface area contributed by atoms with Crippen LogP contribution in [0.3, 0.4) is 0 Å². The molecule has 0 spiro atoms. The molecule has 1 aliphatic heterocycles. The molecule has 1 saturated heterocycles. The van der Waals surface area contributed by atoms with E-state index in [-0.39, 0.29) is 11.2 Å². The van der Waals surface area contributed by atoms with Crippen LogP contribution < -0.4 is 16.1 Å². The molecule has 0 bridgehead atoms. The Kier molecular flexibility index (Phi) is 4.49. The third-order valence-electron chi connectivity index (χ3n) is 5.06. The van der Waals surface area contributed by atoms with Gasteiger partial charge in [0.15, 0.2) is 0 Å². The Labute approximate surface area is 156 Å². The van der Waals surface area contributed by atoms with Crippen LogP contribution in [0.25, 0.3) is 10.9 Å². The number of rotatable bonds is 3. The van der Waals surface area contributed by atoms with Crippen LogP contribution in [-0.2, 0) is 20.6 Å². The normalized spacial score (nSPS) is 15.4. The first-order valence-corrected chi connectivity index (χ1v) is 8.96. The van der Waals surface area contributed by atoms with E-state index in [2.05, 4.69) is 19.8 Å². The summed E-state index contributed by atoms with van der Waals surface area (Å²) in [6, 6.07) is 7.72. The molecule has 1 aliphatic rings. The number of aromatic nitrogens is 4. The van der Waals surface area contributed by atoms with E-state index in [9.17, 15) is 9.59 Å². The van der Waals surface area contributed by atoms with Crippen molar-refractivity contribution in [1.29, 1.82) is 0 Å². The van der Waals surface area contributed by atoms with Crippen molar-refractivity contribution >= 4 is 16.6 Å². The Hall–Kier alpha value is -3.00. The summed E-state index contributed by atoms with van der Waals surface area (Å²) in [5, 5.41) is 0.638. The summed E-state index contributed by atoms with van der Waals surface area (Å²) in [7, 11) is 3.41. The van der Waals surface area contributed by atoms with Crippen LogP contribution in [0.1, 0.15) is 5.69 Å². The van der Waals surface area contributed by atoms with E-state index in [4.69, 9.17) is 0 Å². The maximum Gasteiger partial charge on any atom is 0.347 e. The molecular weight excluding hydrogens is 344 g/mol. The third kappa shape index (κ3) is 3.48. The molecule has 8 heteroatoms. The number of anilines is 1. The molecule has 0 unspecified atom stereocenters. The van der Waals surface area contributed by atoms with Gasteiger partial charge in [-0.25, -0.2) is 9.78 Å². The topological polar surface area (TPSA) is 76.3 Å². The fourth-order valence-corrected chi connectivity index (χ4v) is 3.38. The van der Waals surface area contributed by atoms with Crippen molar-refractivity contribution in [2.75, 3.05) is 31.1 Å². The van der Waals surface area contributed by atoms with Gasteiger partial charge < -0.3 is 14.0 Å². The van der Waals surface area contributed by atoms with Crippen LogP contribution in [-0.4, -0.2) is 50.2 Å². The average molecular weight is 366 g/mol. The number of hydrogen-bond acceptors (Lipinski definition) is 6. The highest BCUT2D eigenvalue weighted by Crippen LogP contribution is 2.20. The molecule has 1 fully saturated rings. The molecule has 0 aliphatic carbocycles. The second-order valence-electron chi connectivity index (χ2n) is 6.94. The molecule has 0 radical (unpaired) electrons. The van der Waals surface area contributed by atoms with Gasteiger partial charge in [0.25, 0.3) is 5.56 Å². The summed E-state index contributed by atoms with van der Waals surface area (Å²) < 4.78 is 2.97. The van der Waals surface area contributed by atoms with Gasteiger partial charge >= 0.3 is 5.69 Å². The Morgan fingerprint density at radius 1 is 1.00 bits per heavy atom. The lowest BCUT2D eigenvalue weighted by molar-refractivity contribution is 0.246. The number of benzene rings is 1. The standard InChI is InChI=1S/C19H22N6O2/c1-22-6-5-14(21-19(22)27)12-24-7-9-25(10-8-24)15-3-4-16-17(11-15)20-13-23(2)18(16)26/h3-6,11,13H,7-10,12H2,1-2H3. The van der Waals surface area contributed by atoms with Gasteiger partial charge in [-0.2, -0.15) is 4.98 Å². The lowest BCUT2D eigenvalue weighted by Crippen LogP contribution is -2.46. The first-order valence-electron chi connectivity index (χ1n) is 8.96. The van der Waals surface area contributed by atoms with Crippen LogP contribution in [0.5, 0.6) is 0 Å². The molecule has 0 atom stereocenters. The van der Waals surface area contributed by atoms with E-state index in [1.165, 1.54) is 9.13 Å². The van der Waals surface area contributed by atoms with E-state index in [0.29, 0.717) is 11.9 Å². The zero-order valence-corrected chi connectivity index (χ0v) is 15.5. The Morgan fingerprint density at radius 2 is 1.78 bits per heavy atom. The second kappa shape index (κ2) is 6.96. The van der Waals surface area contributed by atoms with Gasteiger partial charge in [0.1, 0.15) is 0 Å². The van der Waals surface area contributed by atoms with Gasteiger partial charge in [-0.3, -0.25) is 9.69 Å². The Balaban J connectivity index is 1.45. The van der Waals surface area contributed by atoms with Crippen LogP contribution in [0.4, 0.5) is 5.69 Å². The van der Waals surface area contributed by atoms with Crippen molar-refractivity contribution in [1.82, 2.24) is 24.0 Å². The van der Waals surface area contributed by atoms with Crippen molar-refractivity contribution in [3.05, 3.63) is 63.3 Å². The fourth-order valence-electron chi connectivity index (χ4n) is 3.38. The van der Waals surface area contributed by atoms with Crippen LogP contribution >= 0.6 is 0 Å². The SMILES string of the molecule is Cn1ccc(CN2CCN(c3ccc4c(=O)n(C)cnc4c3)CC2)nc1=O. The molecule has 3 aromatic rings. The molecule has 27 heavy (non-hydrogen) atoms. The summed E-state index contributed by atoms with van der Waals surface area (Å²) >= 11 is 0. The van der Waals surface area contributed by atoms with Crippen molar-refractivity contribution in [2.45, 2.75) is 6.54 Å². The predicted molar refractivity (Wildman–Crippen MR) is 104 cm³/mol. The molecular formula is C19H22N6O2. The van der Waals surface area contributed by atoms with E-state index in [1.807, 2.05) is 24.3 Å². The van der Waals surface area contributed by atoms with Crippen molar-refractivity contribution < 1.29 is 0 Å². The number of aryl methyl sites for hydroxylation is 2. The average Bonchev–Trinajstić information content (AvgIpc) is 2.68. The largest absolute Gasteiger partial charge is 0.369 e. The summed E-state index contributed by atoms with van der Waals surface area (Å²) in [6.07, 6.45) is 3.32. The molecule has 4 rings (SSSR count). The highest BCUT2D eigenvalue weighted by molar-refractivity contribution is 5.81. The van der Waals surface area contributed by atoms with Crippen LogP contribution in [0, 0.1) is 0 Å². The first kappa shape index (κ1) is 17.4. The molecule has 2 aromatic heterocycles. The number of fused-ring (bicyclic) bond motifs is 1.